The molecule has 1 aliphatic rings. The van der Waals surface area contributed by atoms with Crippen LogP contribution >= 0.6 is 0 Å². The summed E-state index contributed by atoms with van der Waals surface area (Å²) in [6.45, 7) is 1.65. The Morgan fingerprint density at radius 2 is 1.80 bits per heavy atom. The van der Waals surface area contributed by atoms with Crippen LogP contribution in [0.2, 0.25) is 0 Å². The van der Waals surface area contributed by atoms with Crippen molar-refractivity contribution in [1.82, 2.24) is 4.90 Å². The van der Waals surface area contributed by atoms with Gasteiger partial charge in [0.05, 0.1) is 5.56 Å². The van der Waals surface area contributed by atoms with Crippen LogP contribution in [0.25, 0.3) is 0 Å². The maximum absolute atomic E-state index is 13.1. The first kappa shape index (κ1) is 17.6. The first-order chi connectivity index (χ1) is 12.1. The van der Waals surface area contributed by atoms with Gasteiger partial charge in [-0.3, -0.25) is 4.90 Å². The van der Waals surface area contributed by atoms with Crippen LogP contribution in [-0.2, 0) is 13.0 Å². The number of hydrogen-bond acceptors (Lipinski definition) is 2. The second-order valence-corrected chi connectivity index (χ2v) is 6.79. The Hall–Kier alpha value is -2.20. The molecule has 1 N–H and O–H groups in total. The van der Waals surface area contributed by atoms with Gasteiger partial charge >= 0.3 is 5.97 Å². The van der Waals surface area contributed by atoms with Crippen LogP contribution in [0.5, 0.6) is 0 Å². The first-order valence-electron chi connectivity index (χ1n) is 8.92. The van der Waals surface area contributed by atoms with Gasteiger partial charge in [-0.1, -0.05) is 37.1 Å². The van der Waals surface area contributed by atoms with Gasteiger partial charge in [0.25, 0.3) is 0 Å². The number of nitrogens with zero attached hydrogens (tertiary/aromatic N) is 1. The fourth-order valence-corrected chi connectivity index (χ4v) is 3.62. The van der Waals surface area contributed by atoms with Gasteiger partial charge in [0.2, 0.25) is 0 Å². The number of hydrogen-bond donors (Lipinski definition) is 1. The van der Waals surface area contributed by atoms with E-state index in [1.54, 1.807) is 12.1 Å². The van der Waals surface area contributed by atoms with Gasteiger partial charge in [0, 0.05) is 19.1 Å². The lowest BCUT2D eigenvalue weighted by Gasteiger charge is -2.29. The Morgan fingerprint density at radius 1 is 1.08 bits per heavy atom. The van der Waals surface area contributed by atoms with Crippen molar-refractivity contribution in [2.45, 2.75) is 44.7 Å². The maximum atomic E-state index is 13.1. The van der Waals surface area contributed by atoms with Gasteiger partial charge in [0.1, 0.15) is 5.82 Å². The number of benzene rings is 2. The van der Waals surface area contributed by atoms with Gasteiger partial charge in [-0.05, 0) is 54.7 Å². The zero-order valence-corrected chi connectivity index (χ0v) is 14.3. The molecule has 0 amide bonds. The number of carboxylic acid groups (broad SMARTS) is 1. The average Bonchev–Trinajstić information content (AvgIpc) is 3.15. The highest BCUT2D eigenvalue weighted by atomic mass is 19.1. The monoisotopic (exact) mass is 341 g/mol. The van der Waals surface area contributed by atoms with E-state index in [9.17, 15) is 14.3 Å². The zero-order chi connectivity index (χ0) is 17.6. The minimum Gasteiger partial charge on any atom is -0.478 e. The topological polar surface area (TPSA) is 40.5 Å². The molecule has 4 heteroatoms. The Kier molecular flexibility index (Phi) is 5.82. The quantitative estimate of drug-likeness (QED) is 0.805. The lowest BCUT2D eigenvalue weighted by molar-refractivity contribution is 0.0696. The zero-order valence-electron chi connectivity index (χ0n) is 14.3. The summed E-state index contributed by atoms with van der Waals surface area (Å²) in [6, 6.07) is 14.4. The molecule has 2 aromatic carbocycles. The highest BCUT2D eigenvalue weighted by Gasteiger charge is 2.22. The van der Waals surface area contributed by atoms with E-state index < -0.39 is 5.97 Å². The molecule has 1 aliphatic carbocycles. The van der Waals surface area contributed by atoms with Gasteiger partial charge < -0.3 is 5.11 Å². The number of carboxylic acids is 1. The molecule has 132 valence electrons. The second-order valence-electron chi connectivity index (χ2n) is 6.79. The van der Waals surface area contributed by atoms with Crippen LogP contribution in [-0.4, -0.2) is 28.6 Å². The smallest absolute Gasteiger partial charge is 0.335 e. The van der Waals surface area contributed by atoms with E-state index in [4.69, 9.17) is 0 Å². The molecular weight excluding hydrogens is 317 g/mol. The molecule has 0 aliphatic heterocycles. The summed E-state index contributed by atoms with van der Waals surface area (Å²) in [7, 11) is 0. The summed E-state index contributed by atoms with van der Waals surface area (Å²) in [6.07, 6.45) is 5.78. The van der Waals surface area contributed by atoms with Crippen molar-refractivity contribution in [1.29, 1.82) is 0 Å². The SMILES string of the molecule is O=C(O)c1cccc(CN(CCc2ccc(F)cc2)C2CCCC2)c1. The van der Waals surface area contributed by atoms with Crippen LogP contribution in [0, 0.1) is 5.82 Å². The molecule has 3 rings (SSSR count). The van der Waals surface area contributed by atoms with Crippen molar-refractivity contribution >= 4 is 5.97 Å². The average molecular weight is 341 g/mol. The van der Waals surface area contributed by atoms with Gasteiger partial charge in [-0.2, -0.15) is 0 Å². The van der Waals surface area contributed by atoms with Crippen molar-refractivity contribution in [3.63, 3.8) is 0 Å². The van der Waals surface area contributed by atoms with Crippen molar-refractivity contribution in [3.05, 3.63) is 71.0 Å². The van der Waals surface area contributed by atoms with E-state index in [-0.39, 0.29) is 5.82 Å². The predicted octanol–water partition coefficient (Wildman–Crippen LogP) is 4.51. The summed E-state index contributed by atoms with van der Waals surface area (Å²) in [5, 5.41) is 9.19. The van der Waals surface area contributed by atoms with Crippen molar-refractivity contribution in [3.8, 4) is 0 Å². The highest BCUT2D eigenvalue weighted by Crippen LogP contribution is 2.25. The Bertz CT molecular complexity index is 708. The fraction of sp³-hybridized carbons (Fsp3) is 0.381. The van der Waals surface area contributed by atoms with Gasteiger partial charge in [0.15, 0.2) is 0 Å². The van der Waals surface area contributed by atoms with Crippen LogP contribution in [0.4, 0.5) is 4.39 Å². The molecule has 2 aromatic rings. The predicted molar refractivity (Wildman–Crippen MR) is 96.2 cm³/mol. The van der Waals surface area contributed by atoms with E-state index in [0.29, 0.717) is 11.6 Å². The lowest BCUT2D eigenvalue weighted by atomic mass is 10.1. The standard InChI is InChI=1S/C21H24FNO2/c22-19-10-8-16(9-11-19)12-13-23(20-6-1-2-7-20)15-17-4-3-5-18(14-17)21(24)25/h3-5,8-11,14,20H,1-2,6-7,12-13,15H2,(H,24,25). The summed E-state index contributed by atoms with van der Waals surface area (Å²) >= 11 is 0. The van der Waals surface area contributed by atoms with E-state index in [1.807, 2.05) is 24.3 Å². The Labute approximate surface area is 148 Å². The van der Waals surface area contributed by atoms with E-state index in [0.717, 1.165) is 30.6 Å². The Balaban J connectivity index is 1.69. The maximum Gasteiger partial charge on any atom is 0.335 e. The van der Waals surface area contributed by atoms with Crippen molar-refractivity contribution in [2.24, 2.45) is 0 Å². The molecular formula is C21H24FNO2. The molecule has 0 heterocycles. The third-order valence-corrected chi connectivity index (χ3v) is 5.00. The molecule has 0 spiro atoms. The third kappa shape index (κ3) is 4.89. The molecule has 1 fully saturated rings. The summed E-state index contributed by atoms with van der Waals surface area (Å²) in [5.74, 6) is -1.09. The number of halogens is 1. The number of carbonyl (C=O) groups is 1. The summed E-state index contributed by atoms with van der Waals surface area (Å²) in [5.41, 5.74) is 2.50. The third-order valence-electron chi connectivity index (χ3n) is 5.00. The summed E-state index contributed by atoms with van der Waals surface area (Å²) < 4.78 is 13.1. The van der Waals surface area contributed by atoms with Gasteiger partial charge in [-0.15, -0.1) is 0 Å². The summed E-state index contributed by atoms with van der Waals surface area (Å²) in [4.78, 5) is 13.6. The molecule has 1 saturated carbocycles. The van der Waals surface area contributed by atoms with Gasteiger partial charge in [-0.25, -0.2) is 9.18 Å². The fourth-order valence-electron chi connectivity index (χ4n) is 3.62. The van der Waals surface area contributed by atoms with E-state index in [2.05, 4.69) is 4.90 Å². The molecule has 0 atom stereocenters. The lowest BCUT2D eigenvalue weighted by Crippen LogP contribution is -2.34. The minimum atomic E-state index is -0.888. The first-order valence-corrected chi connectivity index (χ1v) is 8.92. The molecule has 0 bridgehead atoms. The molecule has 3 nitrogen and oxygen atoms in total. The molecule has 0 unspecified atom stereocenters. The molecule has 0 radical (unpaired) electrons. The largest absolute Gasteiger partial charge is 0.478 e. The second kappa shape index (κ2) is 8.26. The van der Waals surface area contributed by atoms with Crippen LogP contribution in [0.3, 0.4) is 0 Å². The Morgan fingerprint density at radius 3 is 2.48 bits per heavy atom. The minimum absolute atomic E-state index is 0.207. The number of rotatable bonds is 7. The number of aromatic carboxylic acids is 1. The molecule has 0 aromatic heterocycles. The van der Waals surface area contributed by atoms with Crippen LogP contribution < -0.4 is 0 Å². The normalized spacial score (nSPS) is 15.0. The highest BCUT2D eigenvalue weighted by molar-refractivity contribution is 5.87. The molecule has 25 heavy (non-hydrogen) atoms. The van der Waals surface area contributed by atoms with E-state index in [1.165, 1.54) is 37.8 Å². The van der Waals surface area contributed by atoms with Crippen LogP contribution in [0.15, 0.2) is 48.5 Å². The van der Waals surface area contributed by atoms with Crippen molar-refractivity contribution < 1.29 is 14.3 Å². The van der Waals surface area contributed by atoms with Crippen molar-refractivity contribution in [2.75, 3.05) is 6.54 Å². The van der Waals surface area contributed by atoms with E-state index >= 15 is 0 Å². The molecule has 0 saturated heterocycles. The van der Waals surface area contributed by atoms with Crippen LogP contribution in [0.1, 0.15) is 47.2 Å².